The molecule has 5 nitrogen and oxygen atoms in total. The average molecular weight is 409 g/mol. The number of anilines is 1. The molecular formula is C20H32N4OS2. The minimum atomic E-state index is -0.0887. The zero-order chi connectivity index (χ0) is 19.6. The zero-order valence-corrected chi connectivity index (χ0v) is 19.0. The Morgan fingerprint density at radius 3 is 2.78 bits per heavy atom. The summed E-state index contributed by atoms with van der Waals surface area (Å²) in [5.74, 6) is 1.000. The molecule has 0 aromatic carbocycles. The lowest BCUT2D eigenvalue weighted by molar-refractivity contribution is -0.0542. The molecule has 0 fully saturated rings. The summed E-state index contributed by atoms with van der Waals surface area (Å²) >= 11 is 3.50. The molecule has 0 aliphatic carbocycles. The fourth-order valence-electron chi connectivity index (χ4n) is 3.27. The highest BCUT2D eigenvalue weighted by Gasteiger charge is 2.33. The van der Waals surface area contributed by atoms with Gasteiger partial charge < -0.3 is 15.0 Å². The van der Waals surface area contributed by atoms with Crippen LogP contribution in [0.5, 0.6) is 0 Å². The van der Waals surface area contributed by atoms with Gasteiger partial charge in [-0.3, -0.25) is 0 Å². The van der Waals surface area contributed by atoms with Crippen LogP contribution in [0.3, 0.4) is 0 Å². The van der Waals surface area contributed by atoms with Crippen LogP contribution in [-0.2, 0) is 17.8 Å². The van der Waals surface area contributed by atoms with E-state index in [-0.39, 0.29) is 5.60 Å². The summed E-state index contributed by atoms with van der Waals surface area (Å²) in [5, 5.41) is 6.16. The van der Waals surface area contributed by atoms with Gasteiger partial charge in [0.2, 0.25) is 0 Å². The molecule has 0 saturated heterocycles. The lowest BCUT2D eigenvalue weighted by atomic mass is 9.90. The van der Waals surface area contributed by atoms with Gasteiger partial charge in [-0.15, -0.1) is 11.3 Å². The van der Waals surface area contributed by atoms with E-state index in [1.165, 1.54) is 15.8 Å². The fourth-order valence-corrected chi connectivity index (χ4v) is 5.14. The second kappa shape index (κ2) is 8.64. The molecule has 0 amide bonds. The molecule has 1 aliphatic rings. The van der Waals surface area contributed by atoms with Gasteiger partial charge in [-0.2, -0.15) is 0 Å². The number of fused-ring (bicyclic) bond motifs is 3. The van der Waals surface area contributed by atoms with Crippen molar-refractivity contribution in [2.75, 3.05) is 32.5 Å². The van der Waals surface area contributed by atoms with Crippen molar-refractivity contribution >= 4 is 39.1 Å². The Morgan fingerprint density at radius 2 is 2.11 bits per heavy atom. The molecule has 1 aliphatic heterocycles. The van der Waals surface area contributed by atoms with Gasteiger partial charge in [0.15, 0.2) is 5.16 Å². The Bertz CT molecular complexity index is 790. The SMILES string of the molecule is CC[C@@]1(C)Cc2c(sc3nc(SC(C)C)nc(NCCCN(C)C)c23)CO1. The van der Waals surface area contributed by atoms with Crippen molar-refractivity contribution in [3.8, 4) is 0 Å². The normalized spacial score (nSPS) is 19.9. The fraction of sp³-hybridized carbons (Fsp3) is 0.700. The molecule has 150 valence electrons. The molecule has 27 heavy (non-hydrogen) atoms. The minimum Gasteiger partial charge on any atom is -0.369 e. The molecule has 7 heteroatoms. The van der Waals surface area contributed by atoms with Gasteiger partial charge in [0.25, 0.3) is 0 Å². The highest BCUT2D eigenvalue weighted by Crippen LogP contribution is 2.42. The molecular weight excluding hydrogens is 376 g/mol. The van der Waals surface area contributed by atoms with Crippen LogP contribution in [-0.4, -0.2) is 52.9 Å². The monoisotopic (exact) mass is 408 g/mol. The number of aromatic nitrogens is 2. The number of hydrogen-bond donors (Lipinski definition) is 1. The van der Waals surface area contributed by atoms with Gasteiger partial charge in [-0.05, 0) is 46.0 Å². The van der Waals surface area contributed by atoms with Crippen LogP contribution in [0.2, 0.25) is 0 Å². The van der Waals surface area contributed by atoms with Crippen molar-refractivity contribution < 1.29 is 4.74 Å². The van der Waals surface area contributed by atoms with Gasteiger partial charge in [-0.1, -0.05) is 32.5 Å². The summed E-state index contributed by atoms with van der Waals surface area (Å²) in [6, 6.07) is 0. The van der Waals surface area contributed by atoms with E-state index in [9.17, 15) is 0 Å². The van der Waals surface area contributed by atoms with Crippen LogP contribution >= 0.6 is 23.1 Å². The second-order valence-corrected chi connectivity index (χ2v) is 10.7. The number of thiophene rings is 1. The Balaban J connectivity index is 1.97. The van der Waals surface area contributed by atoms with Gasteiger partial charge in [-0.25, -0.2) is 9.97 Å². The number of nitrogens with one attached hydrogen (secondary N) is 1. The molecule has 0 radical (unpaired) electrons. The molecule has 1 atom stereocenters. The predicted molar refractivity (Wildman–Crippen MR) is 117 cm³/mol. The third-order valence-corrected chi connectivity index (χ3v) is 6.94. The van der Waals surface area contributed by atoms with Gasteiger partial charge in [0.1, 0.15) is 10.6 Å². The van der Waals surface area contributed by atoms with E-state index in [0.29, 0.717) is 11.9 Å². The van der Waals surface area contributed by atoms with Gasteiger partial charge in [0, 0.05) is 23.1 Å². The van der Waals surface area contributed by atoms with Crippen molar-refractivity contribution in [3.05, 3.63) is 10.4 Å². The Hall–Kier alpha value is -0.890. The summed E-state index contributed by atoms with van der Waals surface area (Å²) in [5.41, 5.74) is 1.30. The number of thioether (sulfide) groups is 1. The molecule has 0 saturated carbocycles. The van der Waals surface area contributed by atoms with Crippen molar-refractivity contribution in [1.82, 2.24) is 14.9 Å². The van der Waals surface area contributed by atoms with E-state index in [1.54, 1.807) is 23.1 Å². The Morgan fingerprint density at radius 1 is 1.33 bits per heavy atom. The molecule has 2 aromatic heterocycles. The smallest absolute Gasteiger partial charge is 0.191 e. The van der Waals surface area contributed by atoms with E-state index >= 15 is 0 Å². The molecule has 2 aromatic rings. The van der Waals surface area contributed by atoms with Crippen LogP contribution in [0.15, 0.2) is 5.16 Å². The number of ether oxygens (including phenoxy) is 1. The molecule has 0 spiro atoms. The van der Waals surface area contributed by atoms with Crippen molar-refractivity contribution in [2.45, 2.75) is 69.6 Å². The predicted octanol–water partition coefficient (Wildman–Crippen LogP) is 4.80. The first-order valence-corrected chi connectivity index (χ1v) is 11.5. The van der Waals surface area contributed by atoms with Crippen molar-refractivity contribution in [3.63, 3.8) is 0 Å². The zero-order valence-electron chi connectivity index (χ0n) is 17.4. The summed E-state index contributed by atoms with van der Waals surface area (Å²) in [6.45, 7) is 11.5. The van der Waals surface area contributed by atoms with Crippen molar-refractivity contribution in [2.24, 2.45) is 0 Å². The summed E-state index contributed by atoms with van der Waals surface area (Å²) < 4.78 is 6.16. The Labute approximate surface area is 171 Å². The highest BCUT2D eigenvalue weighted by molar-refractivity contribution is 7.99. The highest BCUT2D eigenvalue weighted by atomic mass is 32.2. The van der Waals surface area contributed by atoms with E-state index in [0.717, 1.165) is 48.2 Å². The summed E-state index contributed by atoms with van der Waals surface area (Å²) in [6.07, 6.45) is 3.04. The number of nitrogens with zero attached hydrogens (tertiary/aromatic N) is 3. The average Bonchev–Trinajstić information content (AvgIpc) is 2.95. The first-order chi connectivity index (χ1) is 12.8. The minimum absolute atomic E-state index is 0.0887. The lowest BCUT2D eigenvalue weighted by Gasteiger charge is -2.33. The first kappa shape index (κ1) is 20.8. The van der Waals surface area contributed by atoms with Crippen LogP contribution < -0.4 is 5.32 Å². The standard InChI is InChI=1S/C20H32N4OS2/c1-7-20(4)11-14-15(12-25-20)27-18-16(14)17(21-9-8-10-24(5)6)22-19(23-18)26-13(2)3/h13H,7-12H2,1-6H3,(H,21,22,23)/t20-/m0/s1. The van der Waals surface area contributed by atoms with Crippen molar-refractivity contribution in [1.29, 1.82) is 0 Å². The van der Waals surface area contributed by atoms with E-state index in [1.807, 2.05) is 0 Å². The molecule has 3 heterocycles. The van der Waals surface area contributed by atoms with Crippen LogP contribution in [0.1, 0.15) is 51.0 Å². The Kier molecular flexibility index (Phi) is 6.66. The third kappa shape index (κ3) is 4.94. The van der Waals surface area contributed by atoms with Crippen LogP contribution in [0.4, 0.5) is 5.82 Å². The number of rotatable bonds is 8. The molecule has 0 unspecified atom stereocenters. The third-order valence-electron chi connectivity index (χ3n) is 4.98. The van der Waals surface area contributed by atoms with Crippen LogP contribution in [0.25, 0.3) is 10.2 Å². The van der Waals surface area contributed by atoms with E-state index in [2.05, 4.69) is 52.0 Å². The number of hydrogen-bond acceptors (Lipinski definition) is 7. The molecule has 3 rings (SSSR count). The topological polar surface area (TPSA) is 50.3 Å². The van der Waals surface area contributed by atoms with Gasteiger partial charge in [0.05, 0.1) is 17.6 Å². The second-order valence-electron chi connectivity index (χ2n) is 8.06. The van der Waals surface area contributed by atoms with Gasteiger partial charge >= 0.3 is 0 Å². The maximum atomic E-state index is 6.16. The molecule has 0 bridgehead atoms. The first-order valence-electron chi connectivity index (χ1n) is 9.83. The molecule has 1 N–H and O–H groups in total. The van der Waals surface area contributed by atoms with E-state index in [4.69, 9.17) is 14.7 Å². The maximum absolute atomic E-state index is 6.16. The lowest BCUT2D eigenvalue weighted by Crippen LogP contribution is -2.34. The quantitative estimate of drug-likeness (QED) is 0.385. The van der Waals surface area contributed by atoms with E-state index < -0.39 is 0 Å². The largest absolute Gasteiger partial charge is 0.369 e. The van der Waals surface area contributed by atoms with Crippen LogP contribution in [0, 0.1) is 0 Å². The summed E-state index contributed by atoms with van der Waals surface area (Å²) in [4.78, 5) is 14.4. The summed E-state index contributed by atoms with van der Waals surface area (Å²) in [7, 11) is 4.22. The maximum Gasteiger partial charge on any atom is 0.191 e.